The first-order valence-corrected chi connectivity index (χ1v) is 4.34. The van der Waals surface area contributed by atoms with Gasteiger partial charge in [0.05, 0.1) is 5.56 Å². The number of hydrogen-bond acceptors (Lipinski definition) is 1. The number of rotatable bonds is 2. The van der Waals surface area contributed by atoms with Crippen molar-refractivity contribution >= 4 is 5.69 Å². The number of alkyl halides is 3. The zero-order valence-electron chi connectivity index (χ0n) is 8.10. The van der Waals surface area contributed by atoms with Gasteiger partial charge in [-0.25, -0.2) is 0 Å². The average molecular weight is 203 g/mol. The first-order chi connectivity index (χ1) is 6.46. The molecule has 1 rings (SSSR count). The molecule has 0 aliphatic rings. The summed E-state index contributed by atoms with van der Waals surface area (Å²) >= 11 is 0. The number of hydrogen-bond donors (Lipinski definition) is 0. The zero-order valence-corrected chi connectivity index (χ0v) is 8.10. The smallest absolute Gasteiger partial charge is 0.374 e. The lowest BCUT2D eigenvalue weighted by Crippen LogP contribution is -2.20. The number of nitrogens with zero attached hydrogens (tertiary/aromatic N) is 1. The summed E-state index contributed by atoms with van der Waals surface area (Å²) in [5.41, 5.74) is -0.355. The van der Waals surface area contributed by atoms with Gasteiger partial charge in [0.1, 0.15) is 0 Å². The molecule has 0 saturated carbocycles. The molecule has 0 radical (unpaired) electrons. The van der Waals surface area contributed by atoms with Crippen LogP contribution in [0.4, 0.5) is 18.9 Å². The summed E-state index contributed by atoms with van der Waals surface area (Å²) in [6.45, 7) is 2.36. The van der Waals surface area contributed by atoms with Crippen LogP contribution in [0.25, 0.3) is 0 Å². The fourth-order valence-corrected chi connectivity index (χ4v) is 1.22. The number of benzene rings is 1. The molecule has 14 heavy (non-hydrogen) atoms. The Bertz CT molecular complexity index is 306. The number of anilines is 1. The van der Waals surface area contributed by atoms with E-state index in [2.05, 4.69) is 0 Å². The fourth-order valence-electron chi connectivity index (χ4n) is 1.22. The van der Waals surface area contributed by atoms with Crippen LogP contribution >= 0.6 is 0 Å². The molecule has 0 amide bonds. The van der Waals surface area contributed by atoms with Gasteiger partial charge in [0.25, 0.3) is 0 Å². The monoisotopic (exact) mass is 203 g/mol. The van der Waals surface area contributed by atoms with E-state index in [-0.39, 0.29) is 5.69 Å². The quantitative estimate of drug-likeness (QED) is 0.713. The van der Waals surface area contributed by atoms with Gasteiger partial charge in [0, 0.05) is 19.3 Å². The molecular formula is C10H12F3N. The zero-order chi connectivity index (χ0) is 10.8. The van der Waals surface area contributed by atoms with Crippen LogP contribution in [0.15, 0.2) is 24.3 Å². The van der Waals surface area contributed by atoms with Crippen molar-refractivity contribution in [2.24, 2.45) is 0 Å². The SMILES string of the molecule is CCN(C)c1ccccc1C(F)(F)F. The van der Waals surface area contributed by atoms with Crippen molar-refractivity contribution < 1.29 is 13.2 Å². The maximum atomic E-state index is 12.5. The third-order valence-electron chi connectivity index (χ3n) is 2.10. The standard InChI is InChI=1S/C10H12F3N/c1-3-14(2)9-7-5-4-6-8(9)10(11,12)13/h4-7H,3H2,1-2H3. The van der Waals surface area contributed by atoms with Crippen LogP contribution in [0.2, 0.25) is 0 Å². The largest absolute Gasteiger partial charge is 0.418 e. The Morgan fingerprint density at radius 1 is 1.21 bits per heavy atom. The molecule has 0 N–H and O–H groups in total. The molecule has 0 saturated heterocycles. The Labute approximate surface area is 81.1 Å². The average Bonchev–Trinajstić information content (AvgIpc) is 2.15. The predicted molar refractivity (Wildman–Crippen MR) is 50.4 cm³/mol. The normalized spacial score (nSPS) is 11.5. The Kier molecular flexibility index (Phi) is 3.03. The third kappa shape index (κ3) is 2.19. The van der Waals surface area contributed by atoms with Gasteiger partial charge in [-0.05, 0) is 19.1 Å². The van der Waals surface area contributed by atoms with E-state index in [1.54, 1.807) is 18.0 Å². The molecule has 4 heteroatoms. The highest BCUT2D eigenvalue weighted by atomic mass is 19.4. The fraction of sp³-hybridized carbons (Fsp3) is 0.400. The van der Waals surface area contributed by atoms with Crippen molar-refractivity contribution in [3.8, 4) is 0 Å². The van der Waals surface area contributed by atoms with Gasteiger partial charge in [-0.3, -0.25) is 0 Å². The molecule has 0 atom stereocenters. The summed E-state index contributed by atoms with van der Waals surface area (Å²) < 4.78 is 37.6. The van der Waals surface area contributed by atoms with Gasteiger partial charge in [-0.2, -0.15) is 13.2 Å². The summed E-state index contributed by atoms with van der Waals surface area (Å²) in [4.78, 5) is 1.57. The minimum atomic E-state index is -4.28. The molecule has 0 spiro atoms. The van der Waals surface area contributed by atoms with Crippen LogP contribution in [0.3, 0.4) is 0 Å². The van der Waals surface area contributed by atoms with Gasteiger partial charge in [0.15, 0.2) is 0 Å². The molecule has 1 aromatic carbocycles. The Morgan fingerprint density at radius 2 is 1.79 bits per heavy atom. The van der Waals surface area contributed by atoms with E-state index in [1.807, 2.05) is 6.92 Å². The summed E-state index contributed by atoms with van der Waals surface area (Å²) in [6, 6.07) is 5.58. The van der Waals surface area contributed by atoms with Crippen LogP contribution < -0.4 is 4.90 Å². The summed E-state index contributed by atoms with van der Waals surface area (Å²) in [5, 5.41) is 0. The topological polar surface area (TPSA) is 3.24 Å². The van der Waals surface area contributed by atoms with Gasteiger partial charge in [-0.15, -0.1) is 0 Å². The van der Waals surface area contributed by atoms with Crippen LogP contribution in [-0.2, 0) is 6.18 Å². The van der Waals surface area contributed by atoms with Crippen LogP contribution in [0.1, 0.15) is 12.5 Å². The van der Waals surface area contributed by atoms with Crippen molar-refractivity contribution in [3.63, 3.8) is 0 Å². The number of para-hydroxylation sites is 1. The maximum absolute atomic E-state index is 12.5. The lowest BCUT2D eigenvalue weighted by atomic mass is 10.1. The van der Waals surface area contributed by atoms with Crippen molar-refractivity contribution in [1.82, 2.24) is 0 Å². The van der Waals surface area contributed by atoms with Gasteiger partial charge < -0.3 is 4.90 Å². The maximum Gasteiger partial charge on any atom is 0.418 e. The van der Waals surface area contributed by atoms with Crippen LogP contribution in [0.5, 0.6) is 0 Å². The highest BCUT2D eigenvalue weighted by Crippen LogP contribution is 2.35. The molecule has 0 heterocycles. The highest BCUT2D eigenvalue weighted by Gasteiger charge is 2.33. The van der Waals surface area contributed by atoms with E-state index in [9.17, 15) is 13.2 Å². The lowest BCUT2D eigenvalue weighted by Gasteiger charge is -2.21. The van der Waals surface area contributed by atoms with E-state index in [0.717, 1.165) is 6.07 Å². The minimum absolute atomic E-state index is 0.225. The van der Waals surface area contributed by atoms with Crippen LogP contribution in [-0.4, -0.2) is 13.6 Å². The molecule has 1 aromatic rings. The number of halogens is 3. The van der Waals surface area contributed by atoms with E-state index in [0.29, 0.717) is 6.54 Å². The van der Waals surface area contributed by atoms with E-state index in [4.69, 9.17) is 0 Å². The van der Waals surface area contributed by atoms with E-state index < -0.39 is 11.7 Å². The van der Waals surface area contributed by atoms with Gasteiger partial charge >= 0.3 is 6.18 Å². The summed E-state index contributed by atoms with van der Waals surface area (Å²) in [7, 11) is 1.64. The van der Waals surface area contributed by atoms with Crippen molar-refractivity contribution in [3.05, 3.63) is 29.8 Å². The summed E-state index contributed by atoms with van der Waals surface area (Å²) in [5.74, 6) is 0. The van der Waals surface area contributed by atoms with Gasteiger partial charge in [0.2, 0.25) is 0 Å². The van der Waals surface area contributed by atoms with Crippen LogP contribution in [0, 0.1) is 0 Å². The Balaban J connectivity index is 3.16. The minimum Gasteiger partial charge on any atom is -0.374 e. The molecule has 0 aromatic heterocycles. The molecule has 1 nitrogen and oxygen atoms in total. The van der Waals surface area contributed by atoms with Crippen molar-refractivity contribution in [2.75, 3.05) is 18.5 Å². The molecule has 78 valence electrons. The van der Waals surface area contributed by atoms with Crippen molar-refractivity contribution in [1.29, 1.82) is 0 Å². The molecule has 0 aliphatic heterocycles. The second-order valence-corrected chi connectivity index (χ2v) is 3.03. The molecule has 0 fully saturated rings. The Morgan fingerprint density at radius 3 is 2.29 bits per heavy atom. The molecule has 0 bridgehead atoms. The Hall–Kier alpha value is -1.19. The summed E-state index contributed by atoms with van der Waals surface area (Å²) in [6.07, 6.45) is -4.28. The first kappa shape index (κ1) is 10.9. The van der Waals surface area contributed by atoms with Gasteiger partial charge in [-0.1, -0.05) is 12.1 Å². The third-order valence-corrected chi connectivity index (χ3v) is 2.10. The molecule has 0 unspecified atom stereocenters. The molecule has 0 aliphatic carbocycles. The highest BCUT2D eigenvalue weighted by molar-refractivity contribution is 5.54. The second-order valence-electron chi connectivity index (χ2n) is 3.03. The lowest BCUT2D eigenvalue weighted by molar-refractivity contribution is -0.137. The van der Waals surface area contributed by atoms with E-state index >= 15 is 0 Å². The van der Waals surface area contributed by atoms with Crippen molar-refractivity contribution in [2.45, 2.75) is 13.1 Å². The predicted octanol–water partition coefficient (Wildman–Crippen LogP) is 3.16. The second kappa shape index (κ2) is 3.90. The first-order valence-electron chi connectivity index (χ1n) is 4.34. The van der Waals surface area contributed by atoms with E-state index in [1.165, 1.54) is 12.1 Å². The molecular weight excluding hydrogens is 191 g/mol.